The van der Waals surface area contributed by atoms with Crippen LogP contribution in [0.15, 0.2) is 48.5 Å². The molecule has 0 aliphatic carbocycles. The molecule has 0 saturated carbocycles. The average Bonchev–Trinajstić information content (AvgIpc) is 3.29. The van der Waals surface area contributed by atoms with E-state index in [-0.39, 0.29) is 24.3 Å². The maximum atomic E-state index is 12.7. The summed E-state index contributed by atoms with van der Waals surface area (Å²) in [5.74, 6) is 0.493. The number of likely N-dealkylation sites (tertiary alicyclic amines) is 1. The largest absolute Gasteiger partial charge is 0.497 e. The molecule has 0 aromatic heterocycles. The van der Waals surface area contributed by atoms with Gasteiger partial charge in [0.15, 0.2) is 0 Å². The summed E-state index contributed by atoms with van der Waals surface area (Å²) >= 11 is 0. The van der Waals surface area contributed by atoms with Gasteiger partial charge in [-0.15, -0.1) is 0 Å². The molecule has 0 spiro atoms. The number of nitrogens with zero attached hydrogens (tertiary/aromatic N) is 1. The summed E-state index contributed by atoms with van der Waals surface area (Å²) in [5, 5.41) is 5.47. The molecule has 1 atom stereocenters. The molecule has 31 heavy (non-hydrogen) atoms. The lowest BCUT2D eigenvalue weighted by Gasteiger charge is -2.24. The molecule has 2 aromatic carbocycles. The first kappa shape index (κ1) is 22.1. The minimum atomic E-state index is -0.558. The van der Waals surface area contributed by atoms with Crippen molar-refractivity contribution in [3.8, 4) is 11.5 Å². The zero-order valence-corrected chi connectivity index (χ0v) is 17.7. The molecule has 8 nitrogen and oxygen atoms in total. The molecule has 164 valence electrons. The molecular weight excluding hydrogens is 398 g/mol. The topological polar surface area (TPSA) is 97.0 Å². The van der Waals surface area contributed by atoms with Gasteiger partial charge in [-0.2, -0.15) is 0 Å². The van der Waals surface area contributed by atoms with Crippen LogP contribution in [0.25, 0.3) is 0 Å². The molecule has 1 aliphatic heterocycles. The molecule has 1 saturated heterocycles. The van der Waals surface area contributed by atoms with Crippen LogP contribution in [-0.4, -0.2) is 55.5 Å². The molecule has 1 aliphatic rings. The third kappa shape index (κ3) is 5.75. The van der Waals surface area contributed by atoms with Crippen LogP contribution >= 0.6 is 0 Å². The highest BCUT2D eigenvalue weighted by atomic mass is 16.5. The van der Waals surface area contributed by atoms with Crippen molar-refractivity contribution < 1.29 is 23.9 Å². The van der Waals surface area contributed by atoms with Gasteiger partial charge < -0.3 is 25.0 Å². The van der Waals surface area contributed by atoms with Gasteiger partial charge in [0.2, 0.25) is 11.8 Å². The molecule has 2 aromatic rings. The summed E-state index contributed by atoms with van der Waals surface area (Å²) in [6.45, 7) is 2.75. The van der Waals surface area contributed by atoms with Crippen molar-refractivity contribution in [2.24, 2.45) is 0 Å². The predicted octanol–water partition coefficient (Wildman–Crippen LogP) is 2.45. The van der Waals surface area contributed by atoms with E-state index in [9.17, 15) is 14.4 Å². The lowest BCUT2D eigenvalue weighted by molar-refractivity contribution is -0.135. The number of carbonyl (C=O) groups excluding carboxylic acids is 3. The van der Waals surface area contributed by atoms with Crippen LogP contribution in [0.5, 0.6) is 11.5 Å². The van der Waals surface area contributed by atoms with E-state index in [1.807, 2.05) is 6.92 Å². The summed E-state index contributed by atoms with van der Waals surface area (Å²) in [5.41, 5.74) is 1.07. The van der Waals surface area contributed by atoms with E-state index in [1.165, 1.54) is 4.90 Å². The number of ether oxygens (including phenoxy) is 2. The van der Waals surface area contributed by atoms with Gasteiger partial charge in [0, 0.05) is 17.8 Å². The van der Waals surface area contributed by atoms with Crippen LogP contribution in [0.3, 0.4) is 0 Å². The van der Waals surface area contributed by atoms with Crippen molar-refractivity contribution in [1.82, 2.24) is 10.2 Å². The van der Waals surface area contributed by atoms with E-state index < -0.39 is 6.04 Å². The lowest BCUT2D eigenvalue weighted by atomic mass is 10.2. The number of amides is 3. The van der Waals surface area contributed by atoms with Crippen LogP contribution in [0, 0.1) is 0 Å². The third-order valence-corrected chi connectivity index (χ3v) is 5.06. The fraction of sp³-hybridized carbons (Fsp3) is 0.348. The van der Waals surface area contributed by atoms with Crippen molar-refractivity contribution in [2.45, 2.75) is 25.8 Å². The average molecular weight is 425 g/mol. The first-order chi connectivity index (χ1) is 15.0. The summed E-state index contributed by atoms with van der Waals surface area (Å²) < 4.78 is 10.5. The highest BCUT2D eigenvalue weighted by Gasteiger charge is 2.34. The van der Waals surface area contributed by atoms with Gasteiger partial charge in [0.05, 0.1) is 20.3 Å². The van der Waals surface area contributed by atoms with Crippen molar-refractivity contribution in [2.75, 3.05) is 32.1 Å². The Morgan fingerprint density at radius 3 is 2.35 bits per heavy atom. The number of benzene rings is 2. The van der Waals surface area contributed by atoms with Gasteiger partial charge in [-0.3, -0.25) is 14.4 Å². The lowest BCUT2D eigenvalue weighted by Crippen LogP contribution is -2.47. The Morgan fingerprint density at radius 2 is 1.71 bits per heavy atom. The number of carbonyl (C=O) groups is 3. The van der Waals surface area contributed by atoms with Crippen LogP contribution < -0.4 is 20.1 Å². The first-order valence-corrected chi connectivity index (χ1v) is 10.3. The quantitative estimate of drug-likeness (QED) is 0.677. The Kier molecular flexibility index (Phi) is 7.48. The number of hydrogen-bond acceptors (Lipinski definition) is 5. The number of nitrogens with one attached hydrogen (secondary N) is 2. The smallest absolute Gasteiger partial charge is 0.251 e. The van der Waals surface area contributed by atoms with Crippen LogP contribution in [0.1, 0.15) is 30.1 Å². The maximum Gasteiger partial charge on any atom is 0.251 e. The maximum absolute atomic E-state index is 12.7. The summed E-state index contributed by atoms with van der Waals surface area (Å²) in [6, 6.07) is 13.1. The van der Waals surface area contributed by atoms with Crippen molar-refractivity contribution >= 4 is 23.4 Å². The second kappa shape index (κ2) is 10.5. The minimum absolute atomic E-state index is 0.168. The van der Waals surface area contributed by atoms with Crippen LogP contribution in [0.2, 0.25) is 0 Å². The molecule has 1 unspecified atom stereocenters. The SMILES string of the molecule is CCOc1ccc(C(=O)NCC(=O)N2CCCC2C(=O)Nc2ccc(OC)cc2)cc1. The van der Waals surface area contributed by atoms with Gasteiger partial charge >= 0.3 is 0 Å². The van der Waals surface area contributed by atoms with Gasteiger partial charge in [0.25, 0.3) is 5.91 Å². The molecule has 8 heteroatoms. The van der Waals surface area contributed by atoms with Crippen molar-refractivity contribution in [3.05, 3.63) is 54.1 Å². The number of methoxy groups -OCH3 is 1. The van der Waals surface area contributed by atoms with Gasteiger partial charge in [-0.25, -0.2) is 0 Å². The zero-order chi connectivity index (χ0) is 22.2. The highest BCUT2D eigenvalue weighted by molar-refractivity contribution is 5.99. The standard InChI is InChI=1S/C23H27N3O5/c1-3-31-19-10-6-16(7-11-19)22(28)24-15-21(27)26-14-4-5-20(26)23(29)25-17-8-12-18(30-2)13-9-17/h6-13,20H,3-5,14-15H2,1-2H3,(H,24,28)(H,25,29). The van der Waals surface area contributed by atoms with E-state index in [0.29, 0.717) is 42.3 Å². The Morgan fingerprint density at radius 1 is 1.03 bits per heavy atom. The normalized spacial score (nSPS) is 15.3. The zero-order valence-electron chi connectivity index (χ0n) is 17.7. The number of anilines is 1. The molecule has 3 rings (SSSR count). The molecular formula is C23H27N3O5. The molecule has 3 amide bonds. The highest BCUT2D eigenvalue weighted by Crippen LogP contribution is 2.21. The van der Waals surface area contributed by atoms with Gasteiger partial charge in [-0.05, 0) is 68.3 Å². The van der Waals surface area contributed by atoms with Crippen molar-refractivity contribution in [3.63, 3.8) is 0 Å². The van der Waals surface area contributed by atoms with Gasteiger partial charge in [0.1, 0.15) is 17.5 Å². The molecule has 1 heterocycles. The monoisotopic (exact) mass is 425 g/mol. The number of hydrogen-bond donors (Lipinski definition) is 2. The van der Waals surface area contributed by atoms with Crippen LogP contribution in [0.4, 0.5) is 5.69 Å². The van der Waals surface area contributed by atoms with Crippen LogP contribution in [-0.2, 0) is 9.59 Å². The van der Waals surface area contributed by atoms with E-state index in [2.05, 4.69) is 10.6 Å². The number of rotatable bonds is 8. The molecule has 0 bridgehead atoms. The predicted molar refractivity (Wildman–Crippen MR) is 116 cm³/mol. The van der Waals surface area contributed by atoms with E-state index in [1.54, 1.807) is 55.6 Å². The van der Waals surface area contributed by atoms with E-state index in [4.69, 9.17) is 9.47 Å². The second-order valence-electron chi connectivity index (χ2n) is 7.10. The molecule has 0 radical (unpaired) electrons. The van der Waals surface area contributed by atoms with Gasteiger partial charge in [-0.1, -0.05) is 0 Å². The van der Waals surface area contributed by atoms with E-state index >= 15 is 0 Å². The van der Waals surface area contributed by atoms with Crippen molar-refractivity contribution in [1.29, 1.82) is 0 Å². The fourth-order valence-electron chi connectivity index (χ4n) is 3.47. The summed E-state index contributed by atoms with van der Waals surface area (Å²) in [6.07, 6.45) is 1.32. The Labute approximate surface area is 181 Å². The second-order valence-corrected chi connectivity index (χ2v) is 7.10. The molecule has 2 N–H and O–H groups in total. The first-order valence-electron chi connectivity index (χ1n) is 10.3. The van der Waals surface area contributed by atoms with E-state index in [0.717, 1.165) is 6.42 Å². The Bertz CT molecular complexity index is 912. The minimum Gasteiger partial charge on any atom is -0.497 e. The fourth-order valence-corrected chi connectivity index (χ4v) is 3.47. The molecule has 1 fully saturated rings. The Hall–Kier alpha value is -3.55. The summed E-state index contributed by atoms with van der Waals surface area (Å²) in [4.78, 5) is 39.2. The summed E-state index contributed by atoms with van der Waals surface area (Å²) in [7, 11) is 1.57. The Balaban J connectivity index is 1.53. The third-order valence-electron chi connectivity index (χ3n) is 5.06.